The van der Waals surface area contributed by atoms with Crippen molar-refractivity contribution >= 4 is 5.82 Å². The molecule has 0 aromatic carbocycles. The highest BCUT2D eigenvalue weighted by atomic mass is 19.4. The molecule has 0 spiro atoms. The van der Waals surface area contributed by atoms with Gasteiger partial charge in [-0.3, -0.25) is 0 Å². The fourth-order valence-electron chi connectivity index (χ4n) is 2.42. The number of hydrogen-bond donors (Lipinski definition) is 1. The number of nitrogens with two attached hydrogens (primary N) is 1. The summed E-state index contributed by atoms with van der Waals surface area (Å²) in [5.74, 6) is -0.798. The summed E-state index contributed by atoms with van der Waals surface area (Å²) in [6.45, 7) is 4.25. The SMILES string of the molecule is CO[C@H]1CN(c2nc(C(F)(F)F)nc(C)c2C)CC[C@H]1N. The van der Waals surface area contributed by atoms with Gasteiger partial charge in [-0.1, -0.05) is 0 Å². The van der Waals surface area contributed by atoms with Gasteiger partial charge < -0.3 is 15.4 Å². The van der Waals surface area contributed by atoms with Crippen LogP contribution in [0, 0.1) is 13.8 Å². The molecule has 1 aliphatic heterocycles. The summed E-state index contributed by atoms with van der Waals surface area (Å²) in [6.07, 6.45) is -4.13. The third kappa shape index (κ3) is 3.26. The number of hydrogen-bond acceptors (Lipinski definition) is 5. The van der Waals surface area contributed by atoms with E-state index < -0.39 is 12.0 Å². The second-order valence-corrected chi connectivity index (χ2v) is 5.25. The van der Waals surface area contributed by atoms with Gasteiger partial charge in [-0.2, -0.15) is 13.2 Å². The summed E-state index contributed by atoms with van der Waals surface area (Å²) in [5, 5.41) is 0. The average Bonchev–Trinajstić information content (AvgIpc) is 2.41. The van der Waals surface area contributed by atoms with E-state index in [1.165, 1.54) is 0 Å². The molecule has 1 aliphatic rings. The van der Waals surface area contributed by atoms with Crippen molar-refractivity contribution in [3.63, 3.8) is 0 Å². The number of ether oxygens (including phenoxy) is 1. The lowest BCUT2D eigenvalue weighted by Gasteiger charge is -2.37. The lowest BCUT2D eigenvalue weighted by atomic mass is 10.0. The van der Waals surface area contributed by atoms with Crippen LogP contribution in [0.2, 0.25) is 0 Å². The molecule has 1 fully saturated rings. The molecule has 8 heteroatoms. The summed E-state index contributed by atoms with van der Waals surface area (Å²) in [5.41, 5.74) is 6.91. The molecule has 1 saturated heterocycles. The van der Waals surface area contributed by atoms with Gasteiger partial charge in [0.2, 0.25) is 5.82 Å². The number of aromatic nitrogens is 2. The largest absolute Gasteiger partial charge is 0.451 e. The Bertz CT molecular complexity index is 521. The normalized spacial score (nSPS) is 23.5. The molecule has 1 aromatic heterocycles. The van der Waals surface area contributed by atoms with E-state index in [0.717, 1.165) is 0 Å². The Labute approximate surface area is 121 Å². The van der Waals surface area contributed by atoms with Crippen molar-refractivity contribution < 1.29 is 17.9 Å². The fraction of sp³-hybridized carbons (Fsp3) is 0.692. The number of halogens is 3. The Morgan fingerprint density at radius 2 is 1.95 bits per heavy atom. The van der Waals surface area contributed by atoms with Crippen LogP contribution < -0.4 is 10.6 Å². The van der Waals surface area contributed by atoms with Gasteiger partial charge >= 0.3 is 6.18 Å². The first-order chi connectivity index (χ1) is 9.74. The number of anilines is 1. The minimum absolute atomic E-state index is 0.114. The molecule has 21 heavy (non-hydrogen) atoms. The average molecular weight is 304 g/mol. The number of rotatable bonds is 2. The van der Waals surface area contributed by atoms with Gasteiger partial charge in [0, 0.05) is 37.5 Å². The lowest BCUT2D eigenvalue weighted by molar-refractivity contribution is -0.145. The molecule has 0 saturated carbocycles. The molecule has 0 radical (unpaired) electrons. The highest BCUT2D eigenvalue weighted by Gasteiger charge is 2.37. The van der Waals surface area contributed by atoms with E-state index in [-0.39, 0.29) is 12.1 Å². The van der Waals surface area contributed by atoms with E-state index >= 15 is 0 Å². The topological polar surface area (TPSA) is 64.3 Å². The minimum atomic E-state index is -4.56. The maximum absolute atomic E-state index is 12.9. The van der Waals surface area contributed by atoms with Crippen LogP contribution >= 0.6 is 0 Å². The van der Waals surface area contributed by atoms with Crippen molar-refractivity contribution in [2.45, 2.75) is 38.6 Å². The number of methoxy groups -OCH3 is 1. The van der Waals surface area contributed by atoms with Gasteiger partial charge in [0.05, 0.1) is 6.10 Å². The van der Waals surface area contributed by atoms with Crippen LogP contribution in [-0.2, 0) is 10.9 Å². The molecule has 5 nitrogen and oxygen atoms in total. The zero-order chi connectivity index (χ0) is 15.8. The third-order valence-electron chi connectivity index (χ3n) is 3.83. The summed E-state index contributed by atoms with van der Waals surface area (Å²) < 4.78 is 43.9. The molecule has 2 rings (SSSR count). The molecule has 118 valence electrons. The van der Waals surface area contributed by atoms with Crippen LogP contribution in [0.5, 0.6) is 0 Å². The van der Waals surface area contributed by atoms with Gasteiger partial charge in [-0.15, -0.1) is 0 Å². The highest BCUT2D eigenvalue weighted by Crippen LogP contribution is 2.31. The van der Waals surface area contributed by atoms with Crippen LogP contribution in [0.3, 0.4) is 0 Å². The lowest BCUT2D eigenvalue weighted by Crippen LogP contribution is -2.52. The van der Waals surface area contributed by atoms with Gasteiger partial charge in [0.15, 0.2) is 0 Å². The Morgan fingerprint density at radius 3 is 2.52 bits per heavy atom. The van der Waals surface area contributed by atoms with Crippen molar-refractivity contribution in [1.29, 1.82) is 0 Å². The quantitative estimate of drug-likeness (QED) is 0.900. The Morgan fingerprint density at radius 1 is 1.29 bits per heavy atom. The molecule has 1 aromatic rings. The Balaban J connectivity index is 2.37. The van der Waals surface area contributed by atoms with Crippen molar-refractivity contribution in [2.24, 2.45) is 5.73 Å². The van der Waals surface area contributed by atoms with Gasteiger partial charge in [0.1, 0.15) is 5.82 Å². The second-order valence-electron chi connectivity index (χ2n) is 5.25. The van der Waals surface area contributed by atoms with E-state index in [9.17, 15) is 13.2 Å². The summed E-state index contributed by atoms with van der Waals surface area (Å²) in [6, 6.07) is -0.114. The first-order valence-electron chi connectivity index (χ1n) is 6.69. The molecular formula is C13H19F3N4O. The van der Waals surface area contributed by atoms with Crippen LogP contribution in [0.25, 0.3) is 0 Å². The molecule has 2 heterocycles. The van der Waals surface area contributed by atoms with Crippen LogP contribution in [0.1, 0.15) is 23.5 Å². The van der Waals surface area contributed by atoms with E-state index in [2.05, 4.69) is 9.97 Å². The molecule has 2 N–H and O–H groups in total. The van der Waals surface area contributed by atoms with E-state index in [4.69, 9.17) is 10.5 Å². The van der Waals surface area contributed by atoms with Crippen molar-refractivity contribution in [2.75, 3.05) is 25.1 Å². The first kappa shape index (κ1) is 16.0. The van der Waals surface area contributed by atoms with Gasteiger partial charge in [-0.05, 0) is 20.3 Å². The van der Waals surface area contributed by atoms with E-state index in [0.29, 0.717) is 36.6 Å². The smallest absolute Gasteiger partial charge is 0.378 e. The zero-order valence-electron chi connectivity index (χ0n) is 12.2. The van der Waals surface area contributed by atoms with Gasteiger partial charge in [-0.25, -0.2) is 9.97 Å². The maximum atomic E-state index is 12.9. The van der Waals surface area contributed by atoms with Crippen molar-refractivity contribution in [3.05, 3.63) is 17.1 Å². The molecule has 0 bridgehead atoms. The van der Waals surface area contributed by atoms with Crippen molar-refractivity contribution in [1.82, 2.24) is 9.97 Å². The summed E-state index contributed by atoms with van der Waals surface area (Å²) >= 11 is 0. The zero-order valence-corrected chi connectivity index (χ0v) is 12.2. The predicted octanol–water partition coefficient (Wildman–Crippen LogP) is 1.66. The van der Waals surface area contributed by atoms with Crippen LogP contribution in [0.4, 0.5) is 19.0 Å². The summed E-state index contributed by atoms with van der Waals surface area (Å²) in [4.78, 5) is 9.04. The Kier molecular flexibility index (Phi) is 4.38. The monoisotopic (exact) mass is 304 g/mol. The van der Waals surface area contributed by atoms with E-state index in [1.54, 1.807) is 25.9 Å². The van der Waals surface area contributed by atoms with Crippen molar-refractivity contribution in [3.8, 4) is 0 Å². The fourth-order valence-corrected chi connectivity index (χ4v) is 2.42. The molecular weight excluding hydrogens is 285 g/mol. The second kappa shape index (κ2) is 5.76. The van der Waals surface area contributed by atoms with Crippen LogP contribution in [-0.4, -0.2) is 42.3 Å². The highest BCUT2D eigenvalue weighted by molar-refractivity contribution is 5.49. The molecule has 0 aliphatic carbocycles. The molecule has 2 atom stereocenters. The minimum Gasteiger partial charge on any atom is -0.378 e. The Hall–Kier alpha value is -1.41. The maximum Gasteiger partial charge on any atom is 0.451 e. The standard InChI is InChI=1S/C13H19F3N4O/c1-7-8(2)18-12(13(14,15)16)19-11(7)20-5-4-9(17)10(6-20)21-3/h9-10H,4-6,17H2,1-3H3/t9-,10+/m1/s1. The number of aryl methyl sites for hydroxylation is 1. The van der Waals surface area contributed by atoms with E-state index in [1.807, 2.05) is 0 Å². The first-order valence-corrected chi connectivity index (χ1v) is 6.69. The summed E-state index contributed by atoms with van der Waals surface area (Å²) in [7, 11) is 1.55. The molecule has 0 amide bonds. The molecule has 0 unspecified atom stereocenters. The predicted molar refractivity (Wildman–Crippen MR) is 72.1 cm³/mol. The number of piperidine rings is 1. The third-order valence-corrected chi connectivity index (χ3v) is 3.83. The van der Waals surface area contributed by atoms with Gasteiger partial charge in [0.25, 0.3) is 0 Å². The number of alkyl halides is 3. The number of nitrogens with zero attached hydrogens (tertiary/aromatic N) is 3. The van der Waals surface area contributed by atoms with Crippen LogP contribution in [0.15, 0.2) is 0 Å².